The lowest BCUT2D eigenvalue weighted by atomic mass is 10.2. The molecule has 1 unspecified atom stereocenters. The summed E-state index contributed by atoms with van der Waals surface area (Å²) in [7, 11) is 0. The smallest absolute Gasteiger partial charge is 0.325 e. The minimum atomic E-state index is -4.46. The quantitative estimate of drug-likeness (QED) is 0.498. The van der Waals surface area contributed by atoms with Crippen molar-refractivity contribution in [3.8, 4) is 0 Å². The van der Waals surface area contributed by atoms with Gasteiger partial charge in [0.2, 0.25) is 5.91 Å². The molecule has 1 aromatic heterocycles. The second-order valence-corrected chi connectivity index (χ2v) is 8.82. The number of anilines is 1. The summed E-state index contributed by atoms with van der Waals surface area (Å²) in [6, 6.07) is 14.5. The molecule has 0 radical (unpaired) electrons. The Morgan fingerprint density at radius 2 is 1.90 bits per heavy atom. The highest BCUT2D eigenvalue weighted by Crippen LogP contribution is 2.40. The van der Waals surface area contributed by atoms with Crippen LogP contribution in [0.15, 0.2) is 59.8 Å². The summed E-state index contributed by atoms with van der Waals surface area (Å²) in [5.74, 6) is 0.906. The van der Waals surface area contributed by atoms with E-state index in [4.69, 9.17) is 0 Å². The number of amides is 1. The Morgan fingerprint density at radius 3 is 2.58 bits per heavy atom. The van der Waals surface area contributed by atoms with E-state index in [0.29, 0.717) is 17.6 Å². The Bertz CT molecular complexity index is 1060. The second kappa shape index (κ2) is 8.74. The van der Waals surface area contributed by atoms with Gasteiger partial charge in [-0.25, -0.2) is 0 Å². The van der Waals surface area contributed by atoms with E-state index in [-0.39, 0.29) is 5.69 Å². The van der Waals surface area contributed by atoms with Crippen molar-refractivity contribution in [1.82, 2.24) is 14.8 Å². The first-order valence-corrected chi connectivity index (χ1v) is 10.8. The van der Waals surface area contributed by atoms with Crippen molar-refractivity contribution in [3.63, 3.8) is 0 Å². The standard InChI is InChI=1S/C22H21F3N4OS/c1-14(20(30)26-18-9-5-8-17(12-18)22(23,24)25)31-21-28-27-19(16-10-11-16)29(21)13-15-6-3-2-4-7-15/h2-9,12,14,16H,10-11,13H2,1H3,(H,26,30). The molecule has 3 aromatic rings. The molecule has 1 fully saturated rings. The molecule has 4 rings (SSSR count). The molecule has 31 heavy (non-hydrogen) atoms. The number of carbonyl (C=O) groups is 1. The molecule has 0 spiro atoms. The predicted octanol–water partition coefficient (Wildman–Crippen LogP) is 5.34. The molecule has 1 aliphatic carbocycles. The van der Waals surface area contributed by atoms with Crippen molar-refractivity contribution in [2.75, 3.05) is 5.32 Å². The van der Waals surface area contributed by atoms with Crippen molar-refractivity contribution in [3.05, 3.63) is 71.5 Å². The Hall–Kier alpha value is -2.81. The zero-order valence-corrected chi connectivity index (χ0v) is 17.6. The van der Waals surface area contributed by atoms with Crippen LogP contribution in [0.5, 0.6) is 0 Å². The van der Waals surface area contributed by atoms with Gasteiger partial charge in [0.05, 0.1) is 17.4 Å². The summed E-state index contributed by atoms with van der Waals surface area (Å²) >= 11 is 1.25. The minimum absolute atomic E-state index is 0.108. The summed E-state index contributed by atoms with van der Waals surface area (Å²) in [5, 5.41) is 11.3. The third-order valence-corrected chi connectivity index (χ3v) is 6.06. The summed E-state index contributed by atoms with van der Waals surface area (Å²) in [6.07, 6.45) is -2.32. The summed E-state index contributed by atoms with van der Waals surface area (Å²) in [5.41, 5.74) is 0.408. The second-order valence-electron chi connectivity index (χ2n) is 7.51. The number of hydrogen-bond acceptors (Lipinski definition) is 4. The van der Waals surface area contributed by atoms with Gasteiger partial charge in [-0.2, -0.15) is 13.2 Å². The highest BCUT2D eigenvalue weighted by atomic mass is 32.2. The van der Waals surface area contributed by atoms with Crippen LogP contribution < -0.4 is 5.32 Å². The van der Waals surface area contributed by atoms with E-state index in [1.807, 2.05) is 34.9 Å². The van der Waals surface area contributed by atoms with E-state index in [2.05, 4.69) is 15.5 Å². The molecule has 162 valence electrons. The van der Waals surface area contributed by atoms with Crippen molar-refractivity contribution in [2.45, 2.75) is 48.8 Å². The summed E-state index contributed by atoms with van der Waals surface area (Å²) in [4.78, 5) is 12.6. The van der Waals surface area contributed by atoms with Crippen LogP contribution >= 0.6 is 11.8 Å². The lowest BCUT2D eigenvalue weighted by molar-refractivity contribution is -0.137. The Kier molecular flexibility index (Phi) is 6.04. The third kappa shape index (κ3) is 5.28. The highest BCUT2D eigenvalue weighted by molar-refractivity contribution is 8.00. The first-order chi connectivity index (χ1) is 14.8. The van der Waals surface area contributed by atoms with E-state index in [9.17, 15) is 18.0 Å². The van der Waals surface area contributed by atoms with Crippen molar-refractivity contribution in [2.24, 2.45) is 0 Å². The maximum absolute atomic E-state index is 12.9. The van der Waals surface area contributed by atoms with Crippen LogP contribution in [0.2, 0.25) is 0 Å². The monoisotopic (exact) mass is 446 g/mol. The van der Waals surface area contributed by atoms with E-state index in [1.165, 1.54) is 23.9 Å². The number of rotatable bonds is 7. The largest absolute Gasteiger partial charge is 0.416 e. The number of hydrogen-bond donors (Lipinski definition) is 1. The fourth-order valence-corrected chi connectivity index (χ4v) is 4.03. The Balaban J connectivity index is 1.48. The molecule has 1 heterocycles. The fourth-order valence-electron chi connectivity index (χ4n) is 3.17. The number of thioether (sulfide) groups is 1. The number of alkyl halides is 3. The van der Waals surface area contributed by atoms with Crippen LogP contribution in [-0.2, 0) is 17.5 Å². The molecular formula is C22H21F3N4OS. The molecule has 0 aliphatic heterocycles. The van der Waals surface area contributed by atoms with Gasteiger partial charge in [-0.1, -0.05) is 48.2 Å². The zero-order valence-electron chi connectivity index (χ0n) is 16.8. The first-order valence-electron chi connectivity index (χ1n) is 9.93. The number of benzene rings is 2. The van der Waals surface area contributed by atoms with Crippen LogP contribution in [0.4, 0.5) is 18.9 Å². The zero-order chi connectivity index (χ0) is 22.0. The SMILES string of the molecule is CC(Sc1nnc(C2CC2)n1Cc1ccccc1)C(=O)Nc1cccc(C(F)(F)F)c1. The highest BCUT2D eigenvalue weighted by Gasteiger charge is 2.32. The van der Waals surface area contributed by atoms with Gasteiger partial charge in [0, 0.05) is 11.6 Å². The van der Waals surface area contributed by atoms with E-state index in [0.717, 1.165) is 36.4 Å². The van der Waals surface area contributed by atoms with Crippen LogP contribution in [-0.4, -0.2) is 25.9 Å². The Labute approximate surface area is 182 Å². The predicted molar refractivity (Wildman–Crippen MR) is 113 cm³/mol. The van der Waals surface area contributed by atoms with Crippen molar-refractivity contribution in [1.29, 1.82) is 0 Å². The van der Waals surface area contributed by atoms with Crippen LogP contribution in [0, 0.1) is 0 Å². The average Bonchev–Trinajstić information content (AvgIpc) is 3.51. The van der Waals surface area contributed by atoms with Crippen LogP contribution in [0.1, 0.15) is 42.6 Å². The normalized spacial score (nSPS) is 15.0. The fraction of sp³-hybridized carbons (Fsp3) is 0.318. The van der Waals surface area contributed by atoms with E-state index < -0.39 is 22.9 Å². The van der Waals surface area contributed by atoms with Gasteiger partial charge in [-0.15, -0.1) is 10.2 Å². The van der Waals surface area contributed by atoms with Crippen molar-refractivity contribution >= 4 is 23.4 Å². The molecule has 0 bridgehead atoms. The number of carbonyl (C=O) groups excluding carboxylic acids is 1. The summed E-state index contributed by atoms with van der Waals surface area (Å²) in [6.45, 7) is 2.30. The number of aromatic nitrogens is 3. The van der Waals surface area contributed by atoms with Gasteiger partial charge in [-0.05, 0) is 43.5 Å². The topological polar surface area (TPSA) is 59.8 Å². The lowest BCUT2D eigenvalue weighted by Crippen LogP contribution is -2.23. The summed E-state index contributed by atoms with van der Waals surface area (Å²) < 4.78 is 40.8. The molecule has 1 saturated carbocycles. The minimum Gasteiger partial charge on any atom is -0.325 e. The molecule has 9 heteroatoms. The van der Waals surface area contributed by atoms with Gasteiger partial charge in [-0.3, -0.25) is 4.79 Å². The maximum atomic E-state index is 12.9. The molecular weight excluding hydrogens is 425 g/mol. The van der Waals surface area contributed by atoms with Gasteiger partial charge in [0.25, 0.3) is 0 Å². The maximum Gasteiger partial charge on any atom is 0.416 e. The number of nitrogens with one attached hydrogen (secondary N) is 1. The van der Waals surface area contributed by atoms with Gasteiger partial charge in [0.1, 0.15) is 5.82 Å². The number of halogens is 3. The van der Waals surface area contributed by atoms with Crippen LogP contribution in [0.3, 0.4) is 0 Å². The molecule has 2 aromatic carbocycles. The number of nitrogens with zero attached hydrogens (tertiary/aromatic N) is 3. The molecule has 1 aliphatic rings. The molecule has 1 N–H and O–H groups in total. The van der Waals surface area contributed by atoms with Crippen LogP contribution in [0.25, 0.3) is 0 Å². The van der Waals surface area contributed by atoms with Gasteiger partial charge < -0.3 is 9.88 Å². The average molecular weight is 446 g/mol. The van der Waals surface area contributed by atoms with Gasteiger partial charge >= 0.3 is 6.18 Å². The lowest BCUT2D eigenvalue weighted by Gasteiger charge is -2.15. The molecule has 5 nitrogen and oxygen atoms in total. The molecule has 0 saturated heterocycles. The van der Waals surface area contributed by atoms with E-state index in [1.54, 1.807) is 6.92 Å². The molecule has 1 atom stereocenters. The molecule has 1 amide bonds. The van der Waals surface area contributed by atoms with Gasteiger partial charge in [0.15, 0.2) is 5.16 Å². The Morgan fingerprint density at radius 1 is 1.16 bits per heavy atom. The van der Waals surface area contributed by atoms with E-state index >= 15 is 0 Å². The van der Waals surface area contributed by atoms with Crippen molar-refractivity contribution < 1.29 is 18.0 Å². The third-order valence-electron chi connectivity index (χ3n) is 4.98. The first kappa shape index (κ1) is 21.4.